The third kappa shape index (κ3) is 3.69. The van der Waals surface area contributed by atoms with Crippen molar-refractivity contribution in [3.63, 3.8) is 0 Å². The molecule has 1 aliphatic carbocycles. The molecule has 2 aromatic rings. The Morgan fingerprint density at radius 1 is 1.29 bits per heavy atom. The third-order valence-electron chi connectivity index (χ3n) is 4.20. The largest absolute Gasteiger partial charge is 0.348 e. The van der Waals surface area contributed by atoms with Crippen molar-refractivity contribution in [2.24, 2.45) is 0 Å². The second kappa shape index (κ2) is 6.95. The second-order valence-electron chi connectivity index (χ2n) is 6.23. The molecule has 0 radical (unpaired) electrons. The summed E-state index contributed by atoms with van der Waals surface area (Å²) in [5.41, 5.74) is 2.27. The maximum absolute atomic E-state index is 12.9. The first kappa shape index (κ1) is 16.4. The molecule has 3 rings (SSSR count). The zero-order chi connectivity index (χ0) is 17.1. The Kier molecular flexibility index (Phi) is 4.74. The number of hydrogen-bond donors (Lipinski definition) is 1. The molecule has 1 aliphatic rings. The van der Waals surface area contributed by atoms with Crippen molar-refractivity contribution < 1.29 is 9.18 Å². The van der Waals surface area contributed by atoms with Crippen molar-refractivity contribution in [2.45, 2.75) is 45.2 Å². The van der Waals surface area contributed by atoms with Crippen molar-refractivity contribution in [1.82, 2.24) is 15.1 Å². The monoisotopic (exact) mass is 329 g/mol. The van der Waals surface area contributed by atoms with Gasteiger partial charge in [0.15, 0.2) is 0 Å². The predicted molar refractivity (Wildman–Crippen MR) is 88.5 cm³/mol. The summed E-state index contributed by atoms with van der Waals surface area (Å²) in [5.74, 6) is -0.682. The number of hydrogen-bond acceptors (Lipinski definition) is 3. The highest BCUT2D eigenvalue weighted by atomic mass is 19.1. The lowest BCUT2D eigenvalue weighted by atomic mass is 9.97. The van der Waals surface area contributed by atoms with Crippen LogP contribution in [0.3, 0.4) is 0 Å². The highest BCUT2D eigenvalue weighted by molar-refractivity contribution is 5.94. The number of amides is 1. The van der Waals surface area contributed by atoms with Gasteiger partial charge in [0.2, 0.25) is 0 Å². The molecule has 0 bridgehead atoms. The predicted octanol–water partition coefficient (Wildman–Crippen LogP) is 2.08. The van der Waals surface area contributed by atoms with Crippen molar-refractivity contribution in [3.8, 4) is 0 Å². The summed E-state index contributed by atoms with van der Waals surface area (Å²) in [6.07, 6.45) is 4.00. The van der Waals surface area contributed by atoms with E-state index < -0.39 is 0 Å². The molecule has 0 fully saturated rings. The van der Waals surface area contributed by atoms with E-state index in [1.54, 1.807) is 6.07 Å². The SMILES string of the molecule is C[C@@H](Cn1nc2c(cc1=O)CCCC2)NC(=O)c1ccc(F)cc1. The van der Waals surface area contributed by atoms with E-state index in [4.69, 9.17) is 0 Å². The number of carbonyl (C=O) groups is 1. The molecule has 1 atom stereocenters. The first-order valence-corrected chi connectivity index (χ1v) is 8.19. The summed E-state index contributed by atoms with van der Waals surface area (Å²) in [4.78, 5) is 24.3. The van der Waals surface area contributed by atoms with E-state index in [-0.39, 0.29) is 23.3 Å². The van der Waals surface area contributed by atoms with Crippen LogP contribution < -0.4 is 10.9 Å². The normalized spacial score (nSPS) is 14.8. The Morgan fingerprint density at radius 2 is 2.00 bits per heavy atom. The molecule has 0 saturated heterocycles. The summed E-state index contributed by atoms with van der Waals surface area (Å²) in [7, 11) is 0. The molecule has 6 heteroatoms. The molecular weight excluding hydrogens is 309 g/mol. The molecule has 0 aliphatic heterocycles. The smallest absolute Gasteiger partial charge is 0.267 e. The Labute approximate surface area is 139 Å². The molecular formula is C18H20FN3O2. The van der Waals surface area contributed by atoms with Crippen LogP contribution in [0.1, 0.15) is 41.4 Å². The van der Waals surface area contributed by atoms with Crippen LogP contribution in [0.4, 0.5) is 4.39 Å². The number of benzene rings is 1. The first-order chi connectivity index (χ1) is 11.5. The average Bonchev–Trinajstić information content (AvgIpc) is 2.56. The van der Waals surface area contributed by atoms with Crippen LogP contribution in [0.2, 0.25) is 0 Å². The van der Waals surface area contributed by atoms with Crippen LogP contribution in [0.5, 0.6) is 0 Å². The minimum Gasteiger partial charge on any atom is -0.348 e. The zero-order valence-electron chi connectivity index (χ0n) is 13.6. The Morgan fingerprint density at radius 3 is 2.75 bits per heavy atom. The van der Waals surface area contributed by atoms with Gasteiger partial charge in [-0.25, -0.2) is 9.07 Å². The lowest BCUT2D eigenvalue weighted by Gasteiger charge is -2.18. The molecule has 1 amide bonds. The fourth-order valence-corrected chi connectivity index (χ4v) is 2.95. The molecule has 5 nitrogen and oxygen atoms in total. The number of rotatable bonds is 4. The topological polar surface area (TPSA) is 64.0 Å². The molecule has 1 aromatic heterocycles. The summed E-state index contributed by atoms with van der Waals surface area (Å²) in [5, 5.41) is 7.26. The van der Waals surface area contributed by atoms with E-state index in [1.165, 1.54) is 28.9 Å². The van der Waals surface area contributed by atoms with Gasteiger partial charge in [0.05, 0.1) is 12.2 Å². The number of halogens is 1. The summed E-state index contributed by atoms with van der Waals surface area (Å²) in [6.45, 7) is 2.12. The number of fused-ring (bicyclic) bond motifs is 1. The molecule has 0 unspecified atom stereocenters. The minimum atomic E-state index is -0.385. The van der Waals surface area contributed by atoms with Crippen LogP contribution in [0.15, 0.2) is 35.1 Å². The number of nitrogens with zero attached hydrogens (tertiary/aromatic N) is 2. The van der Waals surface area contributed by atoms with E-state index in [1.807, 2.05) is 6.92 Å². The van der Waals surface area contributed by atoms with Gasteiger partial charge in [-0.1, -0.05) is 0 Å². The minimum absolute atomic E-state index is 0.140. The van der Waals surface area contributed by atoms with Crippen LogP contribution in [0, 0.1) is 5.82 Å². The van der Waals surface area contributed by atoms with Gasteiger partial charge in [0, 0.05) is 17.7 Å². The summed E-state index contributed by atoms with van der Waals surface area (Å²) in [6, 6.07) is 6.75. The van der Waals surface area contributed by atoms with E-state index in [2.05, 4.69) is 10.4 Å². The maximum Gasteiger partial charge on any atom is 0.267 e. The van der Waals surface area contributed by atoms with E-state index in [0.29, 0.717) is 12.1 Å². The zero-order valence-corrected chi connectivity index (χ0v) is 13.6. The lowest BCUT2D eigenvalue weighted by Crippen LogP contribution is -2.39. The van der Waals surface area contributed by atoms with Gasteiger partial charge in [0.1, 0.15) is 5.82 Å². The van der Waals surface area contributed by atoms with E-state index in [0.717, 1.165) is 36.9 Å². The fraction of sp³-hybridized carbons (Fsp3) is 0.389. The Hall–Kier alpha value is -2.50. The van der Waals surface area contributed by atoms with Crippen molar-refractivity contribution >= 4 is 5.91 Å². The van der Waals surface area contributed by atoms with E-state index >= 15 is 0 Å². The number of nitrogens with one attached hydrogen (secondary N) is 1. The second-order valence-corrected chi connectivity index (χ2v) is 6.23. The lowest BCUT2D eigenvalue weighted by molar-refractivity contribution is 0.0935. The van der Waals surface area contributed by atoms with Crippen molar-refractivity contribution in [1.29, 1.82) is 0 Å². The molecule has 0 spiro atoms. The van der Waals surface area contributed by atoms with Crippen molar-refractivity contribution in [2.75, 3.05) is 0 Å². The molecule has 1 heterocycles. The third-order valence-corrected chi connectivity index (χ3v) is 4.20. The molecule has 1 aromatic carbocycles. The van der Waals surface area contributed by atoms with Gasteiger partial charge in [-0.05, 0) is 62.4 Å². The van der Waals surface area contributed by atoms with Gasteiger partial charge >= 0.3 is 0 Å². The fourth-order valence-electron chi connectivity index (χ4n) is 2.95. The number of carbonyl (C=O) groups excluding carboxylic acids is 1. The van der Waals surface area contributed by atoms with Gasteiger partial charge < -0.3 is 5.32 Å². The summed E-state index contributed by atoms with van der Waals surface area (Å²) >= 11 is 0. The first-order valence-electron chi connectivity index (χ1n) is 8.19. The molecule has 0 saturated carbocycles. The van der Waals surface area contributed by atoms with Gasteiger partial charge in [-0.3, -0.25) is 9.59 Å². The van der Waals surface area contributed by atoms with Gasteiger partial charge in [-0.15, -0.1) is 0 Å². The van der Waals surface area contributed by atoms with Crippen molar-refractivity contribution in [3.05, 3.63) is 63.3 Å². The highest BCUT2D eigenvalue weighted by Crippen LogP contribution is 2.16. The van der Waals surface area contributed by atoms with Crippen LogP contribution in [-0.4, -0.2) is 21.7 Å². The number of aryl methyl sites for hydroxylation is 2. The van der Waals surface area contributed by atoms with Crippen LogP contribution >= 0.6 is 0 Å². The van der Waals surface area contributed by atoms with E-state index in [9.17, 15) is 14.0 Å². The highest BCUT2D eigenvalue weighted by Gasteiger charge is 2.15. The average molecular weight is 329 g/mol. The van der Waals surface area contributed by atoms with Crippen LogP contribution in [0.25, 0.3) is 0 Å². The molecule has 126 valence electrons. The summed E-state index contributed by atoms with van der Waals surface area (Å²) < 4.78 is 14.3. The van der Waals surface area contributed by atoms with Gasteiger partial charge in [0.25, 0.3) is 11.5 Å². The van der Waals surface area contributed by atoms with Gasteiger partial charge in [-0.2, -0.15) is 5.10 Å². The molecule has 24 heavy (non-hydrogen) atoms. The standard InChI is InChI=1S/C18H20FN3O2/c1-12(20-18(24)13-6-8-15(19)9-7-13)11-22-17(23)10-14-4-2-3-5-16(14)21-22/h6-10,12H,2-5,11H2,1H3,(H,20,24)/t12-/m0/s1. The number of aromatic nitrogens is 2. The molecule has 1 N–H and O–H groups in total. The Bertz CT molecular complexity index is 799. The Balaban J connectivity index is 1.68. The van der Waals surface area contributed by atoms with Crippen LogP contribution in [-0.2, 0) is 19.4 Å². The maximum atomic E-state index is 12.9. The quantitative estimate of drug-likeness (QED) is 0.934.